The molecule has 0 saturated carbocycles. The van der Waals surface area contributed by atoms with Crippen molar-refractivity contribution < 1.29 is 14.3 Å². The van der Waals surface area contributed by atoms with Crippen LogP contribution in [0.4, 0.5) is 0 Å². The fourth-order valence-corrected chi connectivity index (χ4v) is 4.12. The molecule has 1 amide bonds. The number of carbonyl (C=O) groups excluding carboxylic acids is 1. The van der Waals surface area contributed by atoms with E-state index >= 15 is 0 Å². The number of hydrogen-bond acceptors (Lipinski definition) is 4. The maximum Gasteiger partial charge on any atom is 0.222 e. The van der Waals surface area contributed by atoms with E-state index in [1.807, 2.05) is 36.2 Å². The van der Waals surface area contributed by atoms with Crippen molar-refractivity contribution in [3.63, 3.8) is 0 Å². The maximum atomic E-state index is 11.8. The van der Waals surface area contributed by atoms with E-state index in [1.165, 1.54) is 0 Å². The van der Waals surface area contributed by atoms with Crippen LogP contribution in [0.3, 0.4) is 0 Å². The van der Waals surface area contributed by atoms with Crippen molar-refractivity contribution >= 4 is 5.91 Å². The van der Waals surface area contributed by atoms with Gasteiger partial charge in [0.2, 0.25) is 5.91 Å². The molecule has 0 bridgehead atoms. The summed E-state index contributed by atoms with van der Waals surface area (Å²) in [4.78, 5) is 16.3. The number of rotatable bonds is 2. The standard InChI is InChI=1S/C18H24N2O3/c1-19-17(21)6-7-18(19)8-10-20(11-9-18)12-14-13-22-15-4-2-3-5-16(15)23-14/h2-5,14H,6-13H2,1H3. The summed E-state index contributed by atoms with van der Waals surface area (Å²) in [6.07, 6.45) is 3.96. The van der Waals surface area contributed by atoms with Crippen molar-refractivity contribution in [3.8, 4) is 11.5 Å². The predicted molar refractivity (Wildman–Crippen MR) is 86.8 cm³/mol. The van der Waals surface area contributed by atoms with Gasteiger partial charge in [0.25, 0.3) is 0 Å². The molecule has 1 aromatic rings. The van der Waals surface area contributed by atoms with E-state index < -0.39 is 0 Å². The summed E-state index contributed by atoms with van der Waals surface area (Å²) in [6.45, 7) is 3.55. The van der Waals surface area contributed by atoms with Crippen molar-refractivity contribution in [2.24, 2.45) is 0 Å². The van der Waals surface area contributed by atoms with Crippen molar-refractivity contribution in [3.05, 3.63) is 24.3 Å². The zero-order chi connectivity index (χ0) is 15.9. The second-order valence-corrected chi connectivity index (χ2v) is 6.98. The number of likely N-dealkylation sites (tertiary alicyclic amines) is 2. The molecule has 5 nitrogen and oxygen atoms in total. The molecule has 0 aromatic heterocycles. The molecule has 3 aliphatic heterocycles. The minimum Gasteiger partial charge on any atom is -0.486 e. The molecule has 0 aliphatic carbocycles. The van der Waals surface area contributed by atoms with Crippen LogP contribution in [0, 0.1) is 0 Å². The number of ether oxygens (including phenoxy) is 2. The molecular formula is C18H24N2O3. The van der Waals surface area contributed by atoms with Crippen molar-refractivity contribution in [2.45, 2.75) is 37.3 Å². The van der Waals surface area contributed by atoms with Crippen molar-refractivity contribution in [2.75, 3.05) is 33.3 Å². The molecule has 3 aliphatic rings. The zero-order valence-electron chi connectivity index (χ0n) is 13.7. The third kappa shape index (κ3) is 2.67. The third-order valence-corrected chi connectivity index (χ3v) is 5.71. The van der Waals surface area contributed by atoms with Gasteiger partial charge in [-0.1, -0.05) is 12.1 Å². The minimum atomic E-state index is 0.0851. The second kappa shape index (κ2) is 5.71. The summed E-state index contributed by atoms with van der Waals surface area (Å²) in [5.41, 5.74) is 0.115. The van der Waals surface area contributed by atoms with Gasteiger partial charge >= 0.3 is 0 Å². The van der Waals surface area contributed by atoms with Gasteiger partial charge in [0.05, 0.1) is 0 Å². The average molecular weight is 316 g/mol. The number of benzene rings is 1. The number of fused-ring (bicyclic) bond motifs is 1. The Morgan fingerprint density at radius 3 is 2.61 bits per heavy atom. The Morgan fingerprint density at radius 1 is 1.17 bits per heavy atom. The number of para-hydroxylation sites is 2. The topological polar surface area (TPSA) is 42.0 Å². The summed E-state index contributed by atoms with van der Waals surface area (Å²) >= 11 is 0. The van der Waals surface area contributed by atoms with E-state index in [2.05, 4.69) is 4.90 Å². The highest BCUT2D eigenvalue weighted by atomic mass is 16.6. The highest BCUT2D eigenvalue weighted by Crippen LogP contribution is 2.38. The van der Waals surface area contributed by atoms with Gasteiger partial charge in [-0.05, 0) is 31.4 Å². The van der Waals surface area contributed by atoms with E-state index in [0.717, 1.165) is 50.4 Å². The molecule has 0 radical (unpaired) electrons. The van der Waals surface area contributed by atoms with E-state index in [1.54, 1.807) is 0 Å². The summed E-state index contributed by atoms with van der Waals surface area (Å²) < 4.78 is 11.9. The Labute approximate surface area is 137 Å². The molecule has 23 heavy (non-hydrogen) atoms. The monoisotopic (exact) mass is 316 g/mol. The fraction of sp³-hybridized carbons (Fsp3) is 0.611. The van der Waals surface area contributed by atoms with E-state index in [9.17, 15) is 4.79 Å². The maximum absolute atomic E-state index is 11.8. The van der Waals surface area contributed by atoms with Crippen LogP contribution < -0.4 is 9.47 Å². The highest BCUT2D eigenvalue weighted by molar-refractivity contribution is 5.79. The summed E-state index contributed by atoms with van der Waals surface area (Å²) in [6, 6.07) is 7.85. The SMILES string of the molecule is CN1C(=O)CCC12CCN(CC1COc3ccccc3O1)CC2. The lowest BCUT2D eigenvalue weighted by Crippen LogP contribution is -2.53. The fourth-order valence-electron chi connectivity index (χ4n) is 4.12. The number of hydrogen-bond donors (Lipinski definition) is 0. The van der Waals surface area contributed by atoms with Gasteiger partial charge in [-0.3, -0.25) is 9.69 Å². The van der Waals surface area contributed by atoms with Gasteiger partial charge in [-0.2, -0.15) is 0 Å². The van der Waals surface area contributed by atoms with Crippen LogP contribution in [0.1, 0.15) is 25.7 Å². The first-order valence-electron chi connectivity index (χ1n) is 8.54. The Hall–Kier alpha value is -1.75. The first-order chi connectivity index (χ1) is 11.2. The van der Waals surface area contributed by atoms with Crippen LogP contribution in [0.5, 0.6) is 11.5 Å². The van der Waals surface area contributed by atoms with Crippen LogP contribution in [0.15, 0.2) is 24.3 Å². The molecule has 1 atom stereocenters. The largest absolute Gasteiger partial charge is 0.486 e. The van der Waals surface area contributed by atoms with E-state index in [4.69, 9.17) is 9.47 Å². The van der Waals surface area contributed by atoms with Crippen LogP contribution in [-0.2, 0) is 4.79 Å². The number of amides is 1. The van der Waals surface area contributed by atoms with E-state index in [-0.39, 0.29) is 11.6 Å². The lowest BCUT2D eigenvalue weighted by molar-refractivity contribution is -0.130. The number of carbonyl (C=O) groups is 1. The minimum absolute atomic E-state index is 0.0851. The molecule has 1 aromatic carbocycles. The molecule has 3 heterocycles. The smallest absolute Gasteiger partial charge is 0.222 e. The molecule has 0 N–H and O–H groups in total. The van der Waals surface area contributed by atoms with Crippen molar-refractivity contribution in [1.29, 1.82) is 0 Å². The Bertz CT molecular complexity index is 596. The number of piperidine rings is 1. The molecule has 5 heteroatoms. The molecule has 2 saturated heterocycles. The summed E-state index contributed by atoms with van der Waals surface area (Å²) in [7, 11) is 1.97. The van der Waals surface area contributed by atoms with Crippen molar-refractivity contribution in [1.82, 2.24) is 9.80 Å². The van der Waals surface area contributed by atoms with Crippen LogP contribution in [-0.4, -0.2) is 60.6 Å². The summed E-state index contributed by atoms with van der Waals surface area (Å²) in [5.74, 6) is 1.99. The molecule has 2 fully saturated rings. The van der Waals surface area contributed by atoms with Gasteiger partial charge in [0.15, 0.2) is 11.5 Å². The van der Waals surface area contributed by atoms with Gasteiger partial charge in [-0.25, -0.2) is 0 Å². The molecule has 4 rings (SSSR count). The van der Waals surface area contributed by atoms with E-state index in [0.29, 0.717) is 18.9 Å². The number of nitrogens with zero attached hydrogens (tertiary/aromatic N) is 2. The second-order valence-electron chi connectivity index (χ2n) is 6.98. The Kier molecular flexibility index (Phi) is 3.68. The van der Waals surface area contributed by atoms with Gasteiger partial charge in [0.1, 0.15) is 12.7 Å². The quantitative estimate of drug-likeness (QED) is 0.836. The first-order valence-corrected chi connectivity index (χ1v) is 8.54. The van der Waals surface area contributed by atoms with Gasteiger partial charge < -0.3 is 14.4 Å². The molecular weight excluding hydrogens is 292 g/mol. The van der Waals surface area contributed by atoms with Gasteiger partial charge in [-0.15, -0.1) is 0 Å². The molecule has 1 unspecified atom stereocenters. The zero-order valence-corrected chi connectivity index (χ0v) is 13.7. The van der Waals surface area contributed by atoms with Crippen LogP contribution >= 0.6 is 0 Å². The normalized spacial score (nSPS) is 26.7. The third-order valence-electron chi connectivity index (χ3n) is 5.71. The first kappa shape index (κ1) is 14.8. The Morgan fingerprint density at radius 2 is 1.91 bits per heavy atom. The van der Waals surface area contributed by atoms with Crippen LogP contribution in [0.2, 0.25) is 0 Å². The van der Waals surface area contributed by atoms with Crippen LogP contribution in [0.25, 0.3) is 0 Å². The molecule has 124 valence electrons. The highest BCUT2D eigenvalue weighted by Gasteiger charge is 2.45. The lowest BCUT2D eigenvalue weighted by Gasteiger charge is -2.44. The average Bonchev–Trinajstić information content (AvgIpc) is 2.86. The summed E-state index contributed by atoms with van der Waals surface area (Å²) in [5, 5.41) is 0. The predicted octanol–water partition coefficient (Wildman–Crippen LogP) is 1.91. The Balaban J connectivity index is 1.33. The lowest BCUT2D eigenvalue weighted by atomic mass is 9.85. The molecule has 1 spiro atoms. The van der Waals surface area contributed by atoms with Gasteiger partial charge in [0, 0.05) is 38.6 Å².